The highest BCUT2D eigenvalue weighted by Gasteiger charge is 2.28. The summed E-state index contributed by atoms with van der Waals surface area (Å²) in [5.74, 6) is -1.63. The van der Waals surface area contributed by atoms with Crippen molar-refractivity contribution < 1.29 is 18.5 Å². The second kappa shape index (κ2) is 3.25. The van der Waals surface area contributed by atoms with E-state index < -0.39 is 28.5 Å². The summed E-state index contributed by atoms with van der Waals surface area (Å²) in [7, 11) is 0. The number of Topliss-reactive ketones (excluding diaryl/α,β-unsaturated/α-hetero) is 1. The Hall–Kier alpha value is -1.86. The Morgan fingerprint density at radius 2 is 2.31 bits per heavy atom. The smallest absolute Gasteiger partial charge is 0.286 e. The van der Waals surface area contributed by atoms with Gasteiger partial charge in [0.15, 0.2) is 5.69 Å². The number of aromatic amines is 1. The van der Waals surface area contributed by atoms with Crippen molar-refractivity contribution >= 4 is 11.5 Å². The molecule has 0 bridgehead atoms. The third-order valence-corrected chi connectivity index (χ3v) is 1.26. The van der Waals surface area contributed by atoms with Crippen LogP contribution in [0.1, 0.15) is 10.5 Å². The number of hydrogen-bond donors (Lipinski definition) is 1. The van der Waals surface area contributed by atoms with E-state index in [-0.39, 0.29) is 0 Å². The second-order valence-corrected chi connectivity index (χ2v) is 2.05. The Morgan fingerprint density at radius 1 is 1.69 bits per heavy atom. The van der Waals surface area contributed by atoms with Gasteiger partial charge >= 0.3 is 12.1 Å². The van der Waals surface area contributed by atoms with Crippen molar-refractivity contribution in [2.24, 2.45) is 0 Å². The van der Waals surface area contributed by atoms with E-state index in [1.165, 1.54) is 0 Å². The van der Waals surface area contributed by atoms with Gasteiger partial charge in [0.2, 0.25) is 0 Å². The number of H-pyrrole nitrogens is 1. The summed E-state index contributed by atoms with van der Waals surface area (Å²) in [6.45, 7) is 0. The van der Waals surface area contributed by atoms with E-state index in [2.05, 4.69) is 5.10 Å². The molecular formula is C5H3F2N3O3. The summed E-state index contributed by atoms with van der Waals surface area (Å²) in [4.78, 5) is 19.8. The summed E-state index contributed by atoms with van der Waals surface area (Å²) >= 11 is 0. The Labute approximate surface area is 69.7 Å². The van der Waals surface area contributed by atoms with Crippen molar-refractivity contribution in [1.82, 2.24) is 10.2 Å². The third kappa shape index (κ3) is 1.66. The van der Waals surface area contributed by atoms with E-state index in [9.17, 15) is 23.7 Å². The number of nitro groups is 1. The lowest BCUT2D eigenvalue weighted by Crippen LogP contribution is -2.12. The molecule has 0 unspecified atom stereocenters. The van der Waals surface area contributed by atoms with Crippen LogP contribution in [-0.2, 0) is 0 Å². The minimum atomic E-state index is -3.28. The number of ketones is 1. The molecule has 0 saturated carbocycles. The number of nitrogens with one attached hydrogen (secondary N) is 1. The van der Waals surface area contributed by atoms with Crippen molar-refractivity contribution in [2.75, 3.05) is 0 Å². The van der Waals surface area contributed by atoms with E-state index in [4.69, 9.17) is 0 Å². The zero-order valence-electron chi connectivity index (χ0n) is 6.03. The largest absolute Gasteiger partial charge is 0.317 e. The summed E-state index contributed by atoms with van der Waals surface area (Å²) < 4.78 is 23.6. The molecule has 0 aliphatic carbocycles. The van der Waals surface area contributed by atoms with Gasteiger partial charge in [0.25, 0.3) is 5.78 Å². The zero-order valence-corrected chi connectivity index (χ0v) is 6.03. The van der Waals surface area contributed by atoms with Crippen LogP contribution in [0.15, 0.2) is 6.20 Å². The Balaban J connectivity index is 3.08. The second-order valence-electron chi connectivity index (χ2n) is 2.05. The molecule has 1 N–H and O–H groups in total. The summed E-state index contributed by atoms with van der Waals surface area (Å²) in [6, 6.07) is 0. The molecule has 0 radical (unpaired) electrons. The number of halogens is 2. The molecular weight excluding hydrogens is 188 g/mol. The minimum Gasteiger partial charge on any atom is -0.286 e. The molecule has 13 heavy (non-hydrogen) atoms. The molecule has 6 nitrogen and oxygen atoms in total. The maximum Gasteiger partial charge on any atom is 0.317 e. The molecule has 0 saturated heterocycles. The van der Waals surface area contributed by atoms with Crippen LogP contribution in [0.4, 0.5) is 14.5 Å². The van der Waals surface area contributed by atoms with Gasteiger partial charge in [-0.05, 0) is 0 Å². The molecule has 1 rings (SSSR count). The minimum absolute atomic E-state index is 0.704. The topological polar surface area (TPSA) is 88.9 Å². The van der Waals surface area contributed by atoms with Crippen LogP contribution < -0.4 is 0 Å². The SMILES string of the molecule is O=C(c1[nH]ncc1[N+](=O)[O-])C(F)F. The number of carbonyl (C=O) groups excluding carboxylic acids is 1. The lowest BCUT2D eigenvalue weighted by atomic mass is 10.2. The molecule has 0 spiro atoms. The van der Waals surface area contributed by atoms with Gasteiger partial charge in [0.05, 0.1) is 4.92 Å². The van der Waals surface area contributed by atoms with Gasteiger partial charge < -0.3 is 0 Å². The van der Waals surface area contributed by atoms with Crippen molar-refractivity contribution in [3.63, 3.8) is 0 Å². The fraction of sp³-hybridized carbons (Fsp3) is 0.200. The average Bonchev–Trinajstić information content (AvgIpc) is 2.50. The molecule has 8 heteroatoms. The van der Waals surface area contributed by atoms with Crippen LogP contribution in [0.5, 0.6) is 0 Å². The van der Waals surface area contributed by atoms with Crippen LogP contribution >= 0.6 is 0 Å². The fourth-order valence-electron chi connectivity index (χ4n) is 0.709. The van der Waals surface area contributed by atoms with Crippen LogP contribution in [0.25, 0.3) is 0 Å². The normalized spacial score (nSPS) is 10.4. The van der Waals surface area contributed by atoms with Crippen LogP contribution in [0.2, 0.25) is 0 Å². The van der Waals surface area contributed by atoms with Crippen molar-refractivity contribution in [3.05, 3.63) is 22.0 Å². The maximum atomic E-state index is 11.8. The van der Waals surface area contributed by atoms with E-state index in [0.29, 0.717) is 6.20 Å². The Kier molecular flexibility index (Phi) is 2.31. The number of hydrogen-bond acceptors (Lipinski definition) is 4. The summed E-state index contributed by atoms with van der Waals surface area (Å²) in [5, 5.41) is 15.1. The first kappa shape index (κ1) is 9.23. The average molecular weight is 191 g/mol. The highest BCUT2D eigenvalue weighted by atomic mass is 19.3. The number of nitrogens with zero attached hydrogens (tertiary/aromatic N) is 2. The molecule has 0 aliphatic rings. The first-order chi connectivity index (χ1) is 6.04. The molecule has 70 valence electrons. The van der Waals surface area contributed by atoms with Crippen LogP contribution in [0, 0.1) is 10.1 Å². The van der Waals surface area contributed by atoms with Crippen molar-refractivity contribution in [1.29, 1.82) is 0 Å². The highest BCUT2D eigenvalue weighted by molar-refractivity contribution is 5.99. The Bertz CT molecular complexity index is 349. The van der Waals surface area contributed by atoms with Gasteiger partial charge in [-0.25, -0.2) is 8.78 Å². The predicted molar refractivity (Wildman–Crippen MR) is 35.6 cm³/mol. The quantitative estimate of drug-likeness (QED) is 0.434. The molecule has 0 aliphatic heterocycles. The Morgan fingerprint density at radius 3 is 2.77 bits per heavy atom. The van der Waals surface area contributed by atoms with E-state index >= 15 is 0 Å². The van der Waals surface area contributed by atoms with Gasteiger partial charge in [-0.15, -0.1) is 0 Å². The van der Waals surface area contributed by atoms with Crippen molar-refractivity contribution in [3.8, 4) is 0 Å². The number of alkyl halides is 2. The summed E-state index contributed by atoms with van der Waals surface area (Å²) in [6.07, 6.45) is -2.57. The fourth-order valence-corrected chi connectivity index (χ4v) is 0.709. The summed E-state index contributed by atoms with van der Waals surface area (Å²) in [5.41, 5.74) is -1.52. The van der Waals surface area contributed by atoms with Crippen molar-refractivity contribution in [2.45, 2.75) is 6.43 Å². The molecule has 1 aromatic heterocycles. The van der Waals surface area contributed by atoms with Gasteiger partial charge in [-0.1, -0.05) is 0 Å². The highest BCUT2D eigenvalue weighted by Crippen LogP contribution is 2.17. The number of rotatable bonds is 3. The van der Waals surface area contributed by atoms with E-state index in [1.807, 2.05) is 5.10 Å². The molecule has 0 atom stereocenters. The number of carbonyl (C=O) groups is 1. The first-order valence-corrected chi connectivity index (χ1v) is 3.04. The lowest BCUT2D eigenvalue weighted by molar-refractivity contribution is -0.385. The maximum absolute atomic E-state index is 11.8. The molecule has 1 heterocycles. The van der Waals surface area contributed by atoms with Gasteiger partial charge in [0.1, 0.15) is 6.20 Å². The van der Waals surface area contributed by atoms with Gasteiger partial charge in [-0.2, -0.15) is 5.10 Å². The van der Waals surface area contributed by atoms with E-state index in [1.54, 1.807) is 0 Å². The molecule has 0 fully saturated rings. The van der Waals surface area contributed by atoms with Crippen LogP contribution in [-0.4, -0.2) is 27.3 Å². The monoisotopic (exact) mass is 191 g/mol. The van der Waals surface area contributed by atoms with Crippen LogP contribution in [0.3, 0.4) is 0 Å². The van der Waals surface area contributed by atoms with Gasteiger partial charge in [-0.3, -0.25) is 20.0 Å². The lowest BCUT2D eigenvalue weighted by Gasteiger charge is -1.93. The first-order valence-electron chi connectivity index (χ1n) is 3.04. The number of aromatic nitrogens is 2. The zero-order chi connectivity index (χ0) is 10.0. The molecule has 0 aromatic carbocycles. The predicted octanol–water partition coefficient (Wildman–Crippen LogP) is 0.766. The molecule has 1 aromatic rings. The molecule has 0 amide bonds. The standard InChI is InChI=1S/C5H3F2N3O3/c6-5(7)4(11)3-2(10(12)13)1-8-9-3/h1,5H,(H,8,9). The third-order valence-electron chi connectivity index (χ3n) is 1.26. The van der Waals surface area contributed by atoms with E-state index in [0.717, 1.165) is 0 Å². The van der Waals surface area contributed by atoms with Gasteiger partial charge in [0, 0.05) is 0 Å².